The van der Waals surface area contributed by atoms with Crippen molar-refractivity contribution in [2.24, 2.45) is 0 Å². The summed E-state index contributed by atoms with van der Waals surface area (Å²) in [6.07, 6.45) is 1.29. The summed E-state index contributed by atoms with van der Waals surface area (Å²) in [5.74, 6) is 0.295. The first-order valence-corrected chi connectivity index (χ1v) is 9.97. The number of anilines is 1. The van der Waals surface area contributed by atoms with Gasteiger partial charge in [-0.15, -0.1) is 5.10 Å². The van der Waals surface area contributed by atoms with Gasteiger partial charge in [0.25, 0.3) is 5.56 Å². The molecule has 2 aliphatic rings. The van der Waals surface area contributed by atoms with Crippen LogP contribution in [0.25, 0.3) is 5.69 Å². The fourth-order valence-corrected chi connectivity index (χ4v) is 4.45. The molecule has 0 radical (unpaired) electrons. The second-order valence-electron chi connectivity index (χ2n) is 8.28. The van der Waals surface area contributed by atoms with Crippen LogP contribution in [0.1, 0.15) is 39.9 Å². The van der Waals surface area contributed by atoms with Gasteiger partial charge in [0.1, 0.15) is 11.9 Å². The van der Waals surface area contributed by atoms with Crippen LogP contribution in [0.5, 0.6) is 0 Å². The monoisotopic (exact) mass is 413 g/mol. The highest BCUT2D eigenvalue weighted by Crippen LogP contribution is 2.51. The fourth-order valence-electron chi connectivity index (χ4n) is 4.45. The third-order valence-corrected chi connectivity index (χ3v) is 6.29. The maximum absolute atomic E-state index is 12.2. The number of nitriles is 1. The lowest BCUT2D eigenvalue weighted by Gasteiger charge is -2.14. The van der Waals surface area contributed by atoms with Crippen LogP contribution in [-0.4, -0.2) is 27.1 Å². The van der Waals surface area contributed by atoms with Crippen molar-refractivity contribution in [3.05, 3.63) is 84.7 Å². The largest absolute Gasteiger partial charge is 0.383 e. The highest BCUT2D eigenvalue weighted by molar-refractivity contribution is 6.09. The molecular weight excluding hydrogens is 394 g/mol. The first kappa shape index (κ1) is 19.0. The average Bonchev–Trinajstić information content (AvgIpc) is 3.25. The zero-order chi connectivity index (χ0) is 21.9. The molecule has 8 heteroatoms. The minimum atomic E-state index is -0.799. The predicted octanol–water partition coefficient (Wildman–Crippen LogP) is 1.64. The number of Topliss-reactive ketones (excluding diaryl/α,β-unsaturated/α-hetero) is 1. The Labute approximate surface area is 177 Å². The number of ketones is 1. The van der Waals surface area contributed by atoms with E-state index in [1.807, 2.05) is 32.0 Å². The summed E-state index contributed by atoms with van der Waals surface area (Å²) in [7, 11) is 0. The average molecular weight is 413 g/mol. The molecule has 8 nitrogen and oxygen atoms in total. The third kappa shape index (κ3) is 2.89. The molecule has 1 spiro atoms. The van der Waals surface area contributed by atoms with Gasteiger partial charge in [-0.25, -0.2) is 4.79 Å². The van der Waals surface area contributed by atoms with Gasteiger partial charge in [-0.1, -0.05) is 12.1 Å². The number of nitrogens with zero attached hydrogens (tertiary/aromatic N) is 3. The molecule has 0 saturated heterocycles. The molecule has 1 fully saturated rings. The second-order valence-corrected chi connectivity index (χ2v) is 8.28. The molecule has 1 atom stereocenters. The topological polar surface area (TPSA) is 121 Å². The number of rotatable bonds is 3. The summed E-state index contributed by atoms with van der Waals surface area (Å²) in [6, 6.07) is 11.6. The molecule has 1 unspecified atom stereocenters. The molecule has 2 N–H and O–H groups in total. The van der Waals surface area contributed by atoms with E-state index in [1.54, 1.807) is 6.07 Å². The minimum Gasteiger partial charge on any atom is -0.383 e. The second kappa shape index (κ2) is 6.51. The Hall–Kier alpha value is -3.99. The van der Waals surface area contributed by atoms with E-state index in [2.05, 4.69) is 27.5 Å². The van der Waals surface area contributed by atoms with Crippen LogP contribution >= 0.6 is 0 Å². The Morgan fingerprint density at radius 2 is 1.87 bits per heavy atom. The molecule has 1 aliphatic carbocycles. The number of fused-ring (bicyclic) bond motifs is 2. The lowest BCUT2D eigenvalue weighted by Crippen LogP contribution is -2.33. The summed E-state index contributed by atoms with van der Waals surface area (Å²) in [5.41, 5.74) is 4.59. The van der Waals surface area contributed by atoms with Crippen LogP contribution in [0.15, 0.2) is 39.9 Å². The Kier molecular flexibility index (Phi) is 3.99. The number of aromatic nitrogens is 3. The molecule has 1 aromatic heterocycles. The molecule has 2 aromatic carbocycles. The summed E-state index contributed by atoms with van der Waals surface area (Å²) >= 11 is 0. The number of aryl methyl sites for hydroxylation is 2. The molecule has 0 amide bonds. The Bertz CT molecular complexity index is 1420. The number of carbonyl (C=O) groups is 1. The van der Waals surface area contributed by atoms with Crippen molar-refractivity contribution in [3.8, 4) is 11.8 Å². The number of hydrogen-bond donors (Lipinski definition) is 2. The molecule has 154 valence electrons. The molecule has 5 rings (SSSR count). The summed E-state index contributed by atoms with van der Waals surface area (Å²) < 4.78 is 1.03. The minimum absolute atomic E-state index is 0.295. The molecule has 2 heterocycles. The highest BCUT2D eigenvalue weighted by Gasteiger charge is 2.58. The molecule has 31 heavy (non-hydrogen) atoms. The van der Waals surface area contributed by atoms with E-state index in [0.717, 1.165) is 38.2 Å². The SMILES string of the molecule is Cc1cc(-n2nc(C#N)c(=O)[nH]c2=O)cc(C)c1Cc1ccc2c(c1)C1(CN2)CC1=O. The van der Waals surface area contributed by atoms with E-state index in [4.69, 9.17) is 5.26 Å². The van der Waals surface area contributed by atoms with E-state index >= 15 is 0 Å². The quantitative estimate of drug-likeness (QED) is 0.673. The maximum atomic E-state index is 12.2. The Morgan fingerprint density at radius 3 is 2.52 bits per heavy atom. The highest BCUT2D eigenvalue weighted by atomic mass is 16.2. The van der Waals surface area contributed by atoms with Crippen LogP contribution in [-0.2, 0) is 16.6 Å². The van der Waals surface area contributed by atoms with E-state index in [9.17, 15) is 14.4 Å². The molecule has 0 bridgehead atoms. The van der Waals surface area contributed by atoms with Gasteiger partial charge >= 0.3 is 5.69 Å². The zero-order valence-electron chi connectivity index (χ0n) is 17.1. The van der Waals surface area contributed by atoms with E-state index in [0.29, 0.717) is 30.9 Å². The number of carbonyl (C=O) groups excluding carboxylic acids is 1. The number of aromatic amines is 1. The van der Waals surface area contributed by atoms with Crippen molar-refractivity contribution in [2.45, 2.75) is 32.1 Å². The van der Waals surface area contributed by atoms with E-state index < -0.39 is 11.2 Å². The van der Waals surface area contributed by atoms with Gasteiger partial charge in [-0.05, 0) is 66.3 Å². The summed E-state index contributed by atoms with van der Waals surface area (Å²) in [5, 5.41) is 16.3. The van der Waals surface area contributed by atoms with Crippen molar-refractivity contribution in [1.82, 2.24) is 14.8 Å². The standard InChI is InChI=1S/C23H19N5O3/c1-12-5-15(28-22(31)26-21(30)19(10-24)27-28)6-13(2)16(12)7-14-3-4-18-17(8-14)23(11-25-18)9-20(23)29/h3-6,8,25H,7,9,11H2,1-2H3,(H,26,30,31). The van der Waals surface area contributed by atoms with Gasteiger partial charge in [-0.2, -0.15) is 9.94 Å². The van der Waals surface area contributed by atoms with Crippen LogP contribution < -0.4 is 16.6 Å². The van der Waals surface area contributed by atoms with Crippen molar-refractivity contribution in [2.75, 3.05) is 11.9 Å². The summed E-state index contributed by atoms with van der Waals surface area (Å²) in [6.45, 7) is 4.59. The van der Waals surface area contributed by atoms with Gasteiger partial charge in [0.2, 0.25) is 5.69 Å². The van der Waals surface area contributed by atoms with Gasteiger partial charge in [-0.3, -0.25) is 14.6 Å². The number of benzene rings is 2. The number of nitrogens with one attached hydrogen (secondary N) is 2. The van der Waals surface area contributed by atoms with Crippen molar-refractivity contribution >= 4 is 11.5 Å². The van der Waals surface area contributed by atoms with Crippen molar-refractivity contribution in [1.29, 1.82) is 5.26 Å². The number of hydrogen-bond acceptors (Lipinski definition) is 6. The molecule has 3 aromatic rings. The molecule has 1 saturated carbocycles. The van der Waals surface area contributed by atoms with Crippen LogP contribution in [0.3, 0.4) is 0 Å². The van der Waals surface area contributed by atoms with Gasteiger partial charge in [0, 0.05) is 18.7 Å². The Balaban J connectivity index is 1.52. The van der Waals surface area contributed by atoms with Gasteiger partial charge in [0.15, 0.2) is 0 Å². The van der Waals surface area contributed by atoms with Gasteiger partial charge in [0.05, 0.1) is 11.1 Å². The van der Waals surface area contributed by atoms with Crippen LogP contribution in [0, 0.1) is 25.2 Å². The molecular formula is C23H19N5O3. The Morgan fingerprint density at radius 1 is 1.16 bits per heavy atom. The van der Waals surface area contributed by atoms with Crippen LogP contribution in [0.4, 0.5) is 5.69 Å². The first-order chi connectivity index (χ1) is 14.8. The fraction of sp³-hybridized carbons (Fsp3) is 0.261. The maximum Gasteiger partial charge on any atom is 0.349 e. The lowest BCUT2D eigenvalue weighted by molar-refractivity contribution is -0.111. The lowest BCUT2D eigenvalue weighted by atomic mass is 9.91. The first-order valence-electron chi connectivity index (χ1n) is 9.97. The third-order valence-electron chi connectivity index (χ3n) is 6.29. The normalized spacial score (nSPS) is 18.5. The van der Waals surface area contributed by atoms with Crippen molar-refractivity contribution < 1.29 is 4.79 Å². The van der Waals surface area contributed by atoms with E-state index in [-0.39, 0.29) is 11.1 Å². The van der Waals surface area contributed by atoms with Crippen molar-refractivity contribution in [3.63, 3.8) is 0 Å². The zero-order valence-corrected chi connectivity index (χ0v) is 17.1. The number of H-pyrrole nitrogens is 1. The predicted molar refractivity (Wildman–Crippen MR) is 114 cm³/mol. The van der Waals surface area contributed by atoms with Crippen LogP contribution in [0.2, 0.25) is 0 Å². The van der Waals surface area contributed by atoms with E-state index in [1.165, 1.54) is 0 Å². The van der Waals surface area contributed by atoms with Gasteiger partial charge < -0.3 is 5.32 Å². The summed E-state index contributed by atoms with van der Waals surface area (Å²) in [4.78, 5) is 38.0. The smallest absolute Gasteiger partial charge is 0.349 e. The molecule has 1 aliphatic heterocycles.